The number of esters is 1. The second-order valence-corrected chi connectivity index (χ2v) is 6.03. The van der Waals surface area contributed by atoms with E-state index in [0.29, 0.717) is 6.54 Å². The second-order valence-electron chi connectivity index (χ2n) is 6.03. The van der Waals surface area contributed by atoms with E-state index in [9.17, 15) is 18.4 Å². The van der Waals surface area contributed by atoms with Crippen molar-refractivity contribution in [3.05, 3.63) is 29.8 Å². The average molecular weight is 326 g/mol. The molecule has 0 saturated carbocycles. The van der Waals surface area contributed by atoms with Crippen LogP contribution in [0.5, 0.6) is 0 Å². The largest absolute Gasteiger partial charge is 0.469 e. The molecule has 23 heavy (non-hydrogen) atoms. The molecule has 7 heteroatoms. The molecule has 1 fully saturated rings. The zero-order valence-electron chi connectivity index (χ0n) is 13.3. The van der Waals surface area contributed by atoms with E-state index < -0.39 is 23.6 Å². The number of halogens is 2. The topological polar surface area (TPSA) is 58.6 Å². The Hall–Kier alpha value is -2.18. The number of hydrogen-bond donors (Lipinski definition) is 1. The highest BCUT2D eigenvalue weighted by Crippen LogP contribution is 2.31. The van der Waals surface area contributed by atoms with Gasteiger partial charge in [0.05, 0.1) is 13.0 Å². The highest BCUT2D eigenvalue weighted by Gasteiger charge is 2.41. The van der Waals surface area contributed by atoms with Crippen LogP contribution < -0.4 is 5.32 Å². The highest BCUT2D eigenvalue weighted by atomic mass is 19.1. The second kappa shape index (κ2) is 6.93. The average Bonchev–Trinajstić information content (AvgIpc) is 2.90. The van der Waals surface area contributed by atoms with E-state index in [1.165, 1.54) is 12.0 Å². The van der Waals surface area contributed by atoms with Gasteiger partial charge in [-0.2, -0.15) is 0 Å². The predicted octanol–water partition coefficient (Wildman–Crippen LogP) is 2.87. The fraction of sp³-hybridized carbons (Fsp3) is 0.500. The van der Waals surface area contributed by atoms with Crippen molar-refractivity contribution in [2.75, 3.05) is 25.5 Å². The third-order valence-electron chi connectivity index (χ3n) is 4.13. The molecular formula is C16H20F2N2O3. The summed E-state index contributed by atoms with van der Waals surface area (Å²) < 4.78 is 31.1. The predicted molar refractivity (Wildman–Crippen MR) is 80.8 cm³/mol. The van der Waals surface area contributed by atoms with Gasteiger partial charge in [0, 0.05) is 24.8 Å². The van der Waals surface area contributed by atoms with E-state index in [-0.39, 0.29) is 30.0 Å². The van der Waals surface area contributed by atoms with Crippen LogP contribution in [0.4, 0.5) is 19.3 Å². The number of amides is 2. The minimum atomic E-state index is -0.769. The molecule has 0 aromatic heterocycles. The van der Waals surface area contributed by atoms with E-state index in [1.807, 2.05) is 13.8 Å². The number of rotatable bonds is 3. The molecule has 1 saturated heterocycles. The minimum absolute atomic E-state index is 0.0163. The zero-order valence-corrected chi connectivity index (χ0v) is 13.3. The summed E-state index contributed by atoms with van der Waals surface area (Å²) in [5, 5.41) is 2.46. The van der Waals surface area contributed by atoms with Crippen LogP contribution in [0.2, 0.25) is 0 Å². The Bertz CT molecular complexity index is 587. The molecule has 2 atom stereocenters. The molecule has 0 radical (unpaired) electrons. The number of likely N-dealkylation sites (tertiary alicyclic amines) is 1. The minimum Gasteiger partial charge on any atom is -0.469 e. The van der Waals surface area contributed by atoms with Crippen molar-refractivity contribution in [1.29, 1.82) is 0 Å². The molecule has 0 unspecified atom stereocenters. The maximum Gasteiger partial charge on any atom is 0.321 e. The maximum absolute atomic E-state index is 13.2. The summed E-state index contributed by atoms with van der Waals surface area (Å²) in [6, 6.07) is 2.31. The summed E-state index contributed by atoms with van der Waals surface area (Å²) in [4.78, 5) is 25.6. The van der Waals surface area contributed by atoms with Crippen molar-refractivity contribution in [2.24, 2.45) is 17.8 Å². The number of methoxy groups -OCH3 is 1. The summed E-state index contributed by atoms with van der Waals surface area (Å²) in [6.07, 6.45) is 0. The summed E-state index contributed by atoms with van der Waals surface area (Å²) >= 11 is 0. The molecular weight excluding hydrogens is 306 g/mol. The van der Waals surface area contributed by atoms with Gasteiger partial charge in [-0.3, -0.25) is 4.79 Å². The Morgan fingerprint density at radius 2 is 1.83 bits per heavy atom. The van der Waals surface area contributed by atoms with Crippen LogP contribution in [0.15, 0.2) is 18.2 Å². The Balaban J connectivity index is 2.09. The van der Waals surface area contributed by atoms with Gasteiger partial charge in [-0.1, -0.05) is 13.8 Å². The molecule has 0 bridgehead atoms. The molecule has 126 valence electrons. The number of anilines is 1. The monoisotopic (exact) mass is 326 g/mol. The lowest BCUT2D eigenvalue weighted by atomic mass is 9.86. The number of benzene rings is 1. The number of hydrogen-bond acceptors (Lipinski definition) is 3. The van der Waals surface area contributed by atoms with Crippen molar-refractivity contribution in [2.45, 2.75) is 13.8 Å². The lowest BCUT2D eigenvalue weighted by molar-refractivity contribution is -0.146. The van der Waals surface area contributed by atoms with Crippen molar-refractivity contribution >= 4 is 17.7 Å². The molecule has 0 spiro atoms. The number of carbonyl (C=O) groups is 2. The van der Waals surface area contributed by atoms with Crippen LogP contribution >= 0.6 is 0 Å². The Morgan fingerprint density at radius 1 is 1.22 bits per heavy atom. The summed E-state index contributed by atoms with van der Waals surface area (Å²) in [7, 11) is 1.32. The van der Waals surface area contributed by atoms with Crippen LogP contribution in [-0.2, 0) is 9.53 Å². The molecule has 2 amide bonds. The number of carbonyl (C=O) groups excluding carboxylic acids is 2. The third-order valence-corrected chi connectivity index (χ3v) is 4.13. The van der Waals surface area contributed by atoms with Gasteiger partial charge in [0.15, 0.2) is 0 Å². The van der Waals surface area contributed by atoms with Crippen LogP contribution in [0.3, 0.4) is 0 Å². The number of nitrogens with zero attached hydrogens (tertiary/aromatic N) is 1. The van der Waals surface area contributed by atoms with Gasteiger partial charge >= 0.3 is 12.0 Å². The lowest BCUT2D eigenvalue weighted by Crippen LogP contribution is -2.34. The first-order chi connectivity index (χ1) is 10.8. The van der Waals surface area contributed by atoms with E-state index in [1.54, 1.807) is 0 Å². The summed E-state index contributed by atoms with van der Waals surface area (Å²) in [5.41, 5.74) is 0.0371. The Labute approximate surface area is 133 Å². The van der Waals surface area contributed by atoms with Crippen LogP contribution in [-0.4, -0.2) is 37.1 Å². The van der Waals surface area contributed by atoms with Crippen LogP contribution in [0, 0.1) is 29.4 Å². The van der Waals surface area contributed by atoms with Gasteiger partial charge in [0.2, 0.25) is 0 Å². The van der Waals surface area contributed by atoms with Crippen LogP contribution in [0.1, 0.15) is 13.8 Å². The van der Waals surface area contributed by atoms with E-state index in [2.05, 4.69) is 5.32 Å². The number of ether oxygens (including phenoxy) is 1. The maximum atomic E-state index is 13.2. The van der Waals surface area contributed by atoms with Gasteiger partial charge in [-0.05, 0) is 24.0 Å². The van der Waals surface area contributed by atoms with E-state index in [0.717, 1.165) is 18.2 Å². The van der Waals surface area contributed by atoms with E-state index >= 15 is 0 Å². The molecule has 1 aromatic rings. The van der Waals surface area contributed by atoms with Gasteiger partial charge < -0.3 is 15.0 Å². The zero-order chi connectivity index (χ0) is 17.1. The van der Waals surface area contributed by atoms with Gasteiger partial charge in [0.1, 0.15) is 11.6 Å². The first-order valence-corrected chi connectivity index (χ1v) is 7.41. The Kier molecular flexibility index (Phi) is 5.18. The molecule has 1 aliphatic heterocycles. The molecule has 1 aromatic carbocycles. The molecule has 1 aliphatic rings. The van der Waals surface area contributed by atoms with Gasteiger partial charge in [0.25, 0.3) is 0 Å². The fourth-order valence-corrected chi connectivity index (χ4v) is 2.90. The van der Waals surface area contributed by atoms with Gasteiger partial charge in [-0.15, -0.1) is 0 Å². The fourth-order valence-electron chi connectivity index (χ4n) is 2.90. The summed E-state index contributed by atoms with van der Waals surface area (Å²) in [5.74, 6) is -2.10. The van der Waals surface area contributed by atoms with Gasteiger partial charge in [-0.25, -0.2) is 13.6 Å². The van der Waals surface area contributed by atoms with Crippen molar-refractivity contribution in [3.63, 3.8) is 0 Å². The van der Waals surface area contributed by atoms with Crippen molar-refractivity contribution in [3.8, 4) is 0 Å². The highest BCUT2D eigenvalue weighted by molar-refractivity contribution is 5.90. The quantitative estimate of drug-likeness (QED) is 0.869. The first kappa shape index (κ1) is 17.2. The first-order valence-electron chi connectivity index (χ1n) is 7.41. The van der Waals surface area contributed by atoms with Crippen molar-refractivity contribution < 1.29 is 23.1 Å². The molecule has 0 aliphatic carbocycles. The number of nitrogens with one attached hydrogen (secondary N) is 1. The third kappa shape index (κ3) is 3.97. The standard InChI is InChI=1S/C16H20F2N2O3/c1-9(2)13-7-20(8-14(13)15(21)23-3)16(22)19-12-5-10(17)4-11(18)6-12/h4-6,9,13-14H,7-8H2,1-3H3,(H,19,22)/t13-,14+/m0/s1. The SMILES string of the molecule is COC(=O)[C@@H]1CN(C(=O)Nc2cc(F)cc(F)c2)C[C@H]1C(C)C. The molecule has 1 heterocycles. The molecule has 2 rings (SSSR count). The van der Waals surface area contributed by atoms with Crippen LogP contribution in [0.25, 0.3) is 0 Å². The summed E-state index contributed by atoms with van der Waals surface area (Å²) in [6.45, 7) is 4.56. The smallest absolute Gasteiger partial charge is 0.321 e. The Morgan fingerprint density at radius 3 is 2.35 bits per heavy atom. The van der Waals surface area contributed by atoms with Crippen molar-refractivity contribution in [1.82, 2.24) is 4.90 Å². The molecule has 1 N–H and O–H groups in total. The normalized spacial score (nSPS) is 20.7. The molecule has 5 nitrogen and oxygen atoms in total. The number of urea groups is 1. The lowest BCUT2D eigenvalue weighted by Gasteiger charge is -2.19. The van der Waals surface area contributed by atoms with E-state index in [4.69, 9.17) is 4.74 Å².